The van der Waals surface area contributed by atoms with Gasteiger partial charge in [-0.3, -0.25) is 0 Å². The summed E-state index contributed by atoms with van der Waals surface area (Å²) in [5.74, 6) is 0.110. The SMILES string of the molecule is COc1cc(C)c(/C=C(\C)OS(=O)(=O)C(F)(F)F)c(C)c1S. The minimum Gasteiger partial charge on any atom is -0.496 e. The van der Waals surface area contributed by atoms with Crippen molar-refractivity contribution in [3.63, 3.8) is 0 Å². The lowest BCUT2D eigenvalue weighted by Gasteiger charge is -2.14. The molecule has 124 valence electrons. The number of hydrogen-bond donors (Lipinski definition) is 1. The van der Waals surface area contributed by atoms with Gasteiger partial charge in [-0.05, 0) is 49.6 Å². The van der Waals surface area contributed by atoms with E-state index in [1.807, 2.05) is 0 Å². The molecule has 4 nitrogen and oxygen atoms in total. The summed E-state index contributed by atoms with van der Waals surface area (Å²) in [6, 6.07) is 1.65. The Hall–Kier alpha value is -1.35. The Morgan fingerprint density at radius 1 is 1.32 bits per heavy atom. The number of alkyl halides is 3. The number of hydrogen-bond acceptors (Lipinski definition) is 5. The highest BCUT2D eigenvalue weighted by molar-refractivity contribution is 7.87. The average molecular weight is 356 g/mol. The first-order valence-electron chi connectivity index (χ1n) is 5.97. The van der Waals surface area contributed by atoms with Gasteiger partial charge < -0.3 is 8.92 Å². The van der Waals surface area contributed by atoms with Crippen molar-refractivity contribution in [2.45, 2.75) is 31.2 Å². The summed E-state index contributed by atoms with van der Waals surface area (Å²) >= 11 is 4.27. The first-order valence-corrected chi connectivity index (χ1v) is 7.82. The number of ether oxygens (including phenoxy) is 1. The Morgan fingerprint density at radius 2 is 1.86 bits per heavy atom. The Labute approximate surface area is 132 Å². The van der Waals surface area contributed by atoms with Crippen LogP contribution in [0.25, 0.3) is 6.08 Å². The van der Waals surface area contributed by atoms with E-state index in [-0.39, 0.29) is 0 Å². The maximum atomic E-state index is 12.3. The van der Waals surface area contributed by atoms with Crippen molar-refractivity contribution in [1.29, 1.82) is 0 Å². The van der Waals surface area contributed by atoms with Gasteiger partial charge in [0.25, 0.3) is 0 Å². The van der Waals surface area contributed by atoms with E-state index in [4.69, 9.17) is 4.74 Å². The predicted octanol–water partition coefficient (Wildman–Crippen LogP) is 3.83. The molecule has 0 spiro atoms. The van der Waals surface area contributed by atoms with Crippen LogP contribution in [0.3, 0.4) is 0 Å². The first-order chi connectivity index (χ1) is 9.90. The minimum absolute atomic E-state index is 0.401. The van der Waals surface area contributed by atoms with Crippen molar-refractivity contribution in [3.05, 3.63) is 28.5 Å². The van der Waals surface area contributed by atoms with Gasteiger partial charge in [0.1, 0.15) is 11.5 Å². The van der Waals surface area contributed by atoms with Gasteiger partial charge in [0, 0.05) is 4.90 Å². The molecule has 0 amide bonds. The van der Waals surface area contributed by atoms with Crippen LogP contribution >= 0.6 is 12.6 Å². The van der Waals surface area contributed by atoms with Crippen molar-refractivity contribution >= 4 is 28.8 Å². The fourth-order valence-electron chi connectivity index (χ4n) is 1.78. The Balaban J connectivity index is 3.27. The lowest BCUT2D eigenvalue weighted by molar-refractivity contribution is -0.0521. The van der Waals surface area contributed by atoms with E-state index in [9.17, 15) is 21.6 Å². The highest BCUT2D eigenvalue weighted by Gasteiger charge is 2.48. The zero-order valence-corrected chi connectivity index (χ0v) is 14.0. The molecule has 1 rings (SSSR count). The van der Waals surface area contributed by atoms with Gasteiger partial charge in [0.05, 0.1) is 7.11 Å². The van der Waals surface area contributed by atoms with Crippen molar-refractivity contribution in [2.75, 3.05) is 7.11 Å². The second-order valence-corrected chi connectivity index (χ2v) is 6.51. The molecule has 0 unspecified atom stereocenters. The van der Waals surface area contributed by atoms with E-state index in [0.717, 1.165) is 6.92 Å². The average Bonchev–Trinajstić information content (AvgIpc) is 2.37. The third kappa shape index (κ3) is 3.89. The number of aryl methyl sites for hydroxylation is 1. The van der Waals surface area contributed by atoms with Crippen LogP contribution in [0.2, 0.25) is 0 Å². The molecule has 0 bridgehead atoms. The summed E-state index contributed by atoms with van der Waals surface area (Å²) in [5.41, 5.74) is -3.64. The highest BCUT2D eigenvalue weighted by atomic mass is 32.2. The molecule has 0 aliphatic rings. The first kappa shape index (κ1) is 18.7. The van der Waals surface area contributed by atoms with Crippen LogP contribution < -0.4 is 4.74 Å². The lowest BCUT2D eigenvalue weighted by atomic mass is 10.0. The van der Waals surface area contributed by atoms with Crippen molar-refractivity contribution in [1.82, 2.24) is 0 Å². The van der Waals surface area contributed by atoms with Crippen molar-refractivity contribution < 1.29 is 30.5 Å². The zero-order valence-electron chi connectivity index (χ0n) is 12.3. The standard InChI is InChI=1S/C13H15F3O4S2/c1-7-5-11(19-4)12(21)9(3)10(7)6-8(2)20-22(17,18)13(14,15)16/h5-6,21H,1-4H3/b8-6+. The second-order valence-electron chi connectivity index (χ2n) is 4.52. The molecule has 0 aliphatic heterocycles. The largest absolute Gasteiger partial charge is 0.534 e. The molecule has 0 aromatic heterocycles. The van der Waals surface area contributed by atoms with Crippen LogP contribution in [0.5, 0.6) is 5.75 Å². The second kappa shape index (κ2) is 6.41. The van der Waals surface area contributed by atoms with Gasteiger partial charge in [0.15, 0.2) is 0 Å². The summed E-state index contributed by atoms with van der Waals surface area (Å²) in [6.07, 6.45) is 1.22. The topological polar surface area (TPSA) is 52.6 Å². The molecule has 0 N–H and O–H groups in total. The Kier molecular flexibility index (Phi) is 5.45. The van der Waals surface area contributed by atoms with Gasteiger partial charge in [0.2, 0.25) is 0 Å². The molecule has 0 saturated carbocycles. The van der Waals surface area contributed by atoms with Gasteiger partial charge in [-0.25, -0.2) is 0 Å². The number of methoxy groups -OCH3 is 1. The number of thiol groups is 1. The molecule has 22 heavy (non-hydrogen) atoms. The fourth-order valence-corrected chi connectivity index (χ4v) is 2.54. The predicted molar refractivity (Wildman–Crippen MR) is 79.4 cm³/mol. The van der Waals surface area contributed by atoms with E-state index < -0.39 is 21.4 Å². The molecule has 0 heterocycles. The normalized spacial score (nSPS) is 13.2. The summed E-state index contributed by atoms with van der Waals surface area (Å²) in [4.78, 5) is 0.505. The monoisotopic (exact) mass is 356 g/mol. The van der Waals surface area contributed by atoms with Gasteiger partial charge in [-0.1, -0.05) is 0 Å². The molecule has 1 aromatic rings. The van der Waals surface area contributed by atoms with Gasteiger partial charge >= 0.3 is 15.6 Å². The molecular weight excluding hydrogens is 341 g/mol. The van der Waals surface area contributed by atoms with Crippen LogP contribution in [-0.4, -0.2) is 21.0 Å². The maximum absolute atomic E-state index is 12.3. The number of rotatable bonds is 4. The molecule has 9 heteroatoms. The molecular formula is C13H15F3O4S2. The van der Waals surface area contributed by atoms with E-state index in [1.54, 1.807) is 19.9 Å². The molecule has 1 aromatic carbocycles. The van der Waals surface area contributed by atoms with Crippen LogP contribution in [0, 0.1) is 13.8 Å². The number of halogens is 3. The summed E-state index contributed by atoms with van der Waals surface area (Å²) in [6.45, 7) is 4.53. The molecule has 0 radical (unpaired) electrons. The minimum atomic E-state index is -5.68. The van der Waals surface area contributed by atoms with Crippen LogP contribution in [0.15, 0.2) is 16.7 Å². The van der Waals surface area contributed by atoms with Crippen LogP contribution in [-0.2, 0) is 14.3 Å². The van der Waals surface area contributed by atoms with Crippen molar-refractivity contribution in [2.24, 2.45) is 0 Å². The quantitative estimate of drug-likeness (QED) is 0.386. The fraction of sp³-hybridized carbons (Fsp3) is 0.385. The van der Waals surface area contributed by atoms with Gasteiger partial charge in [-0.15, -0.1) is 12.6 Å². The van der Waals surface area contributed by atoms with Crippen LogP contribution in [0.1, 0.15) is 23.6 Å². The molecule has 0 atom stereocenters. The van der Waals surface area contributed by atoms with Crippen molar-refractivity contribution in [3.8, 4) is 5.75 Å². The molecule has 0 saturated heterocycles. The van der Waals surface area contributed by atoms with E-state index in [2.05, 4.69) is 16.8 Å². The summed E-state index contributed by atoms with van der Waals surface area (Å²) < 4.78 is 68.0. The summed E-state index contributed by atoms with van der Waals surface area (Å²) in [5, 5.41) is 0. The summed E-state index contributed by atoms with van der Waals surface area (Å²) in [7, 11) is -4.21. The third-order valence-electron chi connectivity index (χ3n) is 2.86. The third-order valence-corrected chi connectivity index (χ3v) is 4.46. The number of benzene rings is 1. The highest BCUT2D eigenvalue weighted by Crippen LogP contribution is 2.33. The Morgan fingerprint density at radius 3 is 2.32 bits per heavy atom. The number of allylic oxidation sites excluding steroid dienone is 1. The molecule has 0 fully saturated rings. The van der Waals surface area contributed by atoms with Gasteiger partial charge in [-0.2, -0.15) is 21.6 Å². The maximum Gasteiger partial charge on any atom is 0.534 e. The Bertz CT molecular complexity index is 707. The lowest BCUT2D eigenvalue weighted by Crippen LogP contribution is -2.24. The van der Waals surface area contributed by atoms with Crippen LogP contribution in [0.4, 0.5) is 13.2 Å². The molecule has 0 aliphatic carbocycles. The zero-order chi connectivity index (χ0) is 17.3. The van der Waals surface area contributed by atoms with E-state index >= 15 is 0 Å². The van der Waals surface area contributed by atoms with E-state index in [0.29, 0.717) is 27.3 Å². The van der Waals surface area contributed by atoms with E-state index in [1.165, 1.54) is 13.2 Å². The smallest absolute Gasteiger partial charge is 0.496 e.